The van der Waals surface area contributed by atoms with E-state index in [-0.39, 0.29) is 24.4 Å². The molecule has 0 spiro atoms. The Balaban J connectivity index is 1.20. The van der Waals surface area contributed by atoms with Crippen LogP contribution in [0, 0.1) is 5.92 Å². The van der Waals surface area contributed by atoms with E-state index in [9.17, 15) is 14.4 Å². The van der Waals surface area contributed by atoms with Crippen LogP contribution in [-0.4, -0.2) is 78.6 Å². The number of amides is 4. The molecule has 4 aliphatic rings. The molecule has 9 heteroatoms. The zero-order valence-corrected chi connectivity index (χ0v) is 19.9. The minimum Gasteiger partial charge on any atom is -0.486 e. The Morgan fingerprint density at radius 1 is 1.00 bits per heavy atom. The summed E-state index contributed by atoms with van der Waals surface area (Å²) >= 11 is 0. The molecule has 0 radical (unpaired) electrons. The second-order valence-electron chi connectivity index (χ2n) is 9.92. The Bertz CT molecular complexity index is 953. The monoisotopic (exact) mass is 470 g/mol. The molecule has 9 nitrogen and oxygen atoms in total. The number of rotatable bonds is 4. The van der Waals surface area contributed by atoms with Gasteiger partial charge in [-0.15, -0.1) is 0 Å². The van der Waals surface area contributed by atoms with Gasteiger partial charge in [-0.1, -0.05) is 18.9 Å². The Morgan fingerprint density at radius 2 is 1.68 bits per heavy atom. The molecular weight excluding hydrogens is 436 g/mol. The maximum absolute atomic E-state index is 13.4. The second-order valence-corrected chi connectivity index (χ2v) is 9.92. The molecule has 0 aliphatic carbocycles. The van der Waals surface area contributed by atoms with Crippen molar-refractivity contribution in [2.75, 3.05) is 46.1 Å². The SMILES string of the molecule is C[C@@]1(c2ccc3c(c2)OCCO3)NC(=O)N(CN2CCC(C(=O)N3CCCCCC3)CC2)C1=O. The molecule has 1 atom stereocenters. The molecule has 4 aliphatic heterocycles. The Labute approximate surface area is 200 Å². The lowest BCUT2D eigenvalue weighted by Gasteiger charge is -2.35. The van der Waals surface area contributed by atoms with Crippen LogP contribution in [0.5, 0.6) is 11.5 Å². The predicted molar refractivity (Wildman–Crippen MR) is 124 cm³/mol. The van der Waals surface area contributed by atoms with Crippen LogP contribution in [0.25, 0.3) is 0 Å². The zero-order valence-electron chi connectivity index (χ0n) is 19.9. The molecule has 4 heterocycles. The highest BCUT2D eigenvalue weighted by atomic mass is 16.6. The molecule has 1 aromatic rings. The van der Waals surface area contributed by atoms with Crippen LogP contribution in [0.3, 0.4) is 0 Å². The van der Waals surface area contributed by atoms with Crippen LogP contribution in [0.15, 0.2) is 18.2 Å². The van der Waals surface area contributed by atoms with Gasteiger partial charge in [-0.2, -0.15) is 0 Å². The summed E-state index contributed by atoms with van der Waals surface area (Å²) in [7, 11) is 0. The standard InChI is InChI=1S/C25H34N4O5/c1-25(19-6-7-20-21(16-19)34-15-14-33-20)23(31)29(24(32)26-25)17-27-12-8-18(9-13-27)22(30)28-10-4-2-3-5-11-28/h6-7,16,18H,2-5,8-15,17H2,1H3,(H,26,32)/t25-/m0/s1. The maximum atomic E-state index is 13.4. The molecule has 3 saturated heterocycles. The highest BCUT2D eigenvalue weighted by Gasteiger charge is 2.50. The van der Waals surface area contributed by atoms with Gasteiger partial charge in [0.2, 0.25) is 5.91 Å². The lowest BCUT2D eigenvalue weighted by atomic mass is 9.91. The van der Waals surface area contributed by atoms with E-state index in [0.29, 0.717) is 43.4 Å². The summed E-state index contributed by atoms with van der Waals surface area (Å²) < 4.78 is 11.2. The van der Waals surface area contributed by atoms with E-state index in [1.807, 2.05) is 4.90 Å². The Morgan fingerprint density at radius 3 is 2.38 bits per heavy atom. The number of imide groups is 1. The molecule has 0 aromatic heterocycles. The van der Waals surface area contributed by atoms with Crippen molar-refractivity contribution in [2.45, 2.75) is 51.0 Å². The first-order valence-electron chi connectivity index (χ1n) is 12.5. The first-order valence-corrected chi connectivity index (χ1v) is 12.5. The highest BCUT2D eigenvalue weighted by molar-refractivity contribution is 6.07. The Kier molecular flexibility index (Phi) is 6.38. The van der Waals surface area contributed by atoms with E-state index < -0.39 is 11.6 Å². The van der Waals surface area contributed by atoms with Gasteiger partial charge in [-0.05, 0) is 50.3 Å². The van der Waals surface area contributed by atoms with E-state index in [1.54, 1.807) is 25.1 Å². The average molecular weight is 471 g/mol. The summed E-state index contributed by atoms with van der Waals surface area (Å²) in [5.74, 6) is 1.27. The van der Waals surface area contributed by atoms with Gasteiger partial charge >= 0.3 is 6.03 Å². The lowest BCUT2D eigenvalue weighted by molar-refractivity contribution is -0.138. The largest absolute Gasteiger partial charge is 0.486 e. The summed E-state index contributed by atoms with van der Waals surface area (Å²) in [6.45, 7) is 6.05. The van der Waals surface area contributed by atoms with E-state index >= 15 is 0 Å². The molecule has 1 aromatic carbocycles. The normalized spacial score (nSPS) is 26.4. The fourth-order valence-corrected chi connectivity index (χ4v) is 5.45. The van der Waals surface area contributed by atoms with Gasteiger partial charge in [0.05, 0.1) is 6.67 Å². The van der Waals surface area contributed by atoms with Crippen molar-refractivity contribution in [3.8, 4) is 11.5 Å². The third-order valence-electron chi connectivity index (χ3n) is 7.59. The number of hydrogen-bond acceptors (Lipinski definition) is 6. The van der Waals surface area contributed by atoms with Gasteiger partial charge in [0.15, 0.2) is 11.5 Å². The molecular formula is C25H34N4O5. The molecule has 0 saturated carbocycles. The molecule has 0 bridgehead atoms. The summed E-state index contributed by atoms with van der Waals surface area (Å²) in [5, 5.41) is 2.87. The lowest BCUT2D eigenvalue weighted by Crippen LogP contribution is -2.48. The molecule has 4 amide bonds. The number of nitrogens with zero attached hydrogens (tertiary/aromatic N) is 3. The number of hydrogen-bond donors (Lipinski definition) is 1. The van der Waals surface area contributed by atoms with Gasteiger partial charge in [0.1, 0.15) is 18.8 Å². The minimum absolute atomic E-state index is 0.0421. The van der Waals surface area contributed by atoms with Crippen LogP contribution in [-0.2, 0) is 15.1 Å². The third kappa shape index (κ3) is 4.33. The van der Waals surface area contributed by atoms with Crippen molar-refractivity contribution in [3.63, 3.8) is 0 Å². The van der Waals surface area contributed by atoms with Crippen molar-refractivity contribution in [1.82, 2.24) is 20.0 Å². The smallest absolute Gasteiger partial charge is 0.326 e. The van der Waals surface area contributed by atoms with Crippen LogP contribution in [0.1, 0.15) is 51.0 Å². The number of likely N-dealkylation sites (tertiary alicyclic amines) is 2. The van der Waals surface area contributed by atoms with E-state index in [0.717, 1.165) is 38.8 Å². The summed E-state index contributed by atoms with van der Waals surface area (Å²) in [5.41, 5.74) is -0.493. The number of fused-ring (bicyclic) bond motifs is 1. The van der Waals surface area contributed by atoms with Crippen molar-refractivity contribution in [2.24, 2.45) is 5.92 Å². The maximum Gasteiger partial charge on any atom is 0.326 e. The van der Waals surface area contributed by atoms with Crippen LogP contribution < -0.4 is 14.8 Å². The van der Waals surface area contributed by atoms with Gasteiger partial charge < -0.3 is 19.7 Å². The van der Waals surface area contributed by atoms with Gasteiger partial charge in [-0.25, -0.2) is 9.69 Å². The quantitative estimate of drug-likeness (QED) is 0.679. The fourth-order valence-electron chi connectivity index (χ4n) is 5.45. The summed E-state index contributed by atoms with van der Waals surface area (Å²) in [6.07, 6.45) is 6.13. The van der Waals surface area contributed by atoms with Crippen molar-refractivity contribution >= 4 is 17.8 Å². The Hall–Kier alpha value is -2.81. The van der Waals surface area contributed by atoms with Crippen molar-refractivity contribution < 1.29 is 23.9 Å². The highest BCUT2D eigenvalue weighted by Crippen LogP contribution is 2.37. The number of carbonyl (C=O) groups excluding carboxylic acids is 3. The molecule has 5 rings (SSSR count). The number of ether oxygens (including phenoxy) is 2. The van der Waals surface area contributed by atoms with Crippen LogP contribution >= 0.6 is 0 Å². The molecule has 0 unspecified atom stereocenters. The number of piperidine rings is 1. The topological polar surface area (TPSA) is 91.4 Å². The first kappa shape index (κ1) is 23.0. The molecule has 3 fully saturated rings. The number of benzene rings is 1. The molecule has 34 heavy (non-hydrogen) atoms. The van der Waals surface area contributed by atoms with Crippen molar-refractivity contribution in [1.29, 1.82) is 0 Å². The summed E-state index contributed by atoms with van der Waals surface area (Å²) in [4.78, 5) is 44.6. The fraction of sp³-hybridized carbons (Fsp3) is 0.640. The number of carbonyl (C=O) groups is 3. The van der Waals surface area contributed by atoms with Crippen LogP contribution in [0.4, 0.5) is 4.79 Å². The number of nitrogens with one attached hydrogen (secondary N) is 1. The van der Waals surface area contributed by atoms with Crippen LogP contribution in [0.2, 0.25) is 0 Å². The average Bonchev–Trinajstić information content (AvgIpc) is 3.05. The van der Waals surface area contributed by atoms with Gasteiger partial charge in [0, 0.05) is 32.1 Å². The zero-order chi connectivity index (χ0) is 23.7. The van der Waals surface area contributed by atoms with E-state index in [2.05, 4.69) is 10.2 Å². The molecule has 184 valence electrons. The number of urea groups is 1. The van der Waals surface area contributed by atoms with Gasteiger partial charge in [0.25, 0.3) is 5.91 Å². The van der Waals surface area contributed by atoms with Crippen molar-refractivity contribution in [3.05, 3.63) is 23.8 Å². The third-order valence-corrected chi connectivity index (χ3v) is 7.59. The summed E-state index contributed by atoms with van der Waals surface area (Å²) in [6, 6.07) is 4.96. The predicted octanol–water partition coefficient (Wildman–Crippen LogP) is 2.30. The first-order chi connectivity index (χ1) is 16.5. The van der Waals surface area contributed by atoms with E-state index in [1.165, 1.54) is 17.7 Å². The molecule has 1 N–H and O–H groups in total. The van der Waals surface area contributed by atoms with E-state index in [4.69, 9.17) is 9.47 Å². The minimum atomic E-state index is -1.16. The van der Waals surface area contributed by atoms with Gasteiger partial charge in [-0.3, -0.25) is 14.5 Å². The second kappa shape index (κ2) is 9.44.